The van der Waals surface area contributed by atoms with Crippen molar-refractivity contribution in [3.63, 3.8) is 0 Å². The third kappa shape index (κ3) is 2.54. The van der Waals surface area contributed by atoms with E-state index in [1.807, 2.05) is 0 Å². The number of nitrogens with zero attached hydrogens (tertiary/aromatic N) is 3. The molecule has 0 fully saturated rings. The fraction of sp³-hybridized carbons (Fsp3) is 0. The zero-order chi connectivity index (χ0) is 15.7. The van der Waals surface area contributed by atoms with Crippen molar-refractivity contribution < 1.29 is 24.0 Å². The third-order valence-corrected chi connectivity index (χ3v) is 2.58. The molecule has 21 heavy (non-hydrogen) atoms. The van der Waals surface area contributed by atoms with Gasteiger partial charge in [-0.3, -0.25) is 14.9 Å². The number of rotatable bonds is 4. The maximum absolute atomic E-state index is 13.7. The van der Waals surface area contributed by atoms with E-state index < -0.39 is 33.9 Å². The van der Waals surface area contributed by atoms with Crippen molar-refractivity contribution in [3.8, 4) is 5.69 Å². The van der Waals surface area contributed by atoms with Gasteiger partial charge in [-0.05, 0) is 6.07 Å². The molecule has 2 aromatic rings. The Hall–Kier alpha value is -3.30. The highest BCUT2D eigenvalue weighted by Gasteiger charge is 2.23. The second kappa shape index (κ2) is 5.00. The van der Waals surface area contributed by atoms with Crippen LogP contribution in [-0.2, 0) is 0 Å². The molecule has 0 saturated carbocycles. The lowest BCUT2D eigenvalue weighted by Crippen LogP contribution is -2.13. The first-order chi connectivity index (χ1) is 9.81. The summed E-state index contributed by atoms with van der Waals surface area (Å²) < 4.78 is 14.5. The number of carbonyl (C=O) groups excluding carboxylic acids is 1. The molecule has 0 unspecified atom stereocenters. The Morgan fingerprint density at radius 3 is 2.57 bits per heavy atom. The number of halogens is 1. The van der Waals surface area contributed by atoms with E-state index in [1.165, 1.54) is 12.3 Å². The van der Waals surface area contributed by atoms with Crippen LogP contribution in [0.15, 0.2) is 24.4 Å². The summed E-state index contributed by atoms with van der Waals surface area (Å²) in [5.74, 6) is -3.67. The van der Waals surface area contributed by atoms with E-state index in [1.54, 1.807) is 0 Å². The molecule has 1 aromatic carbocycles. The number of carboxylic acid groups (broad SMARTS) is 1. The minimum atomic E-state index is -1.64. The minimum absolute atomic E-state index is 0.174. The lowest BCUT2D eigenvalue weighted by Gasteiger charge is -2.05. The zero-order valence-corrected chi connectivity index (χ0v) is 10.2. The highest BCUT2D eigenvalue weighted by atomic mass is 19.1. The number of aromatic nitrogens is 2. The standard InChI is InChI=1S/C11H7FN4O5/c12-6-4-8(15-2-1-7(14-15)10(13)17)9(16(20)21)3-5(6)11(18)19/h1-4H,(H2,13,17)(H,18,19). The van der Waals surface area contributed by atoms with Gasteiger partial charge in [-0.25, -0.2) is 13.9 Å². The normalized spacial score (nSPS) is 10.3. The van der Waals surface area contributed by atoms with Crippen LogP contribution in [0, 0.1) is 15.9 Å². The maximum atomic E-state index is 13.7. The molecule has 0 aliphatic heterocycles. The van der Waals surface area contributed by atoms with Gasteiger partial charge in [-0.2, -0.15) is 5.10 Å². The Kier molecular flexibility index (Phi) is 3.36. The first-order valence-electron chi connectivity index (χ1n) is 5.38. The highest BCUT2D eigenvalue weighted by Crippen LogP contribution is 2.26. The van der Waals surface area contributed by atoms with Crippen LogP contribution in [0.1, 0.15) is 20.8 Å². The van der Waals surface area contributed by atoms with Crippen LogP contribution >= 0.6 is 0 Å². The van der Waals surface area contributed by atoms with Crippen molar-refractivity contribution in [2.75, 3.05) is 0 Å². The number of amides is 1. The van der Waals surface area contributed by atoms with Crippen LogP contribution in [0.5, 0.6) is 0 Å². The molecule has 0 spiro atoms. The van der Waals surface area contributed by atoms with Gasteiger partial charge >= 0.3 is 5.97 Å². The Morgan fingerprint density at radius 2 is 2.10 bits per heavy atom. The predicted molar refractivity (Wildman–Crippen MR) is 65.7 cm³/mol. The van der Waals surface area contributed by atoms with Crippen molar-refractivity contribution in [3.05, 3.63) is 51.6 Å². The number of primary amides is 1. The fourth-order valence-corrected chi connectivity index (χ4v) is 1.63. The van der Waals surface area contributed by atoms with E-state index in [4.69, 9.17) is 10.8 Å². The third-order valence-electron chi connectivity index (χ3n) is 2.58. The summed E-state index contributed by atoms with van der Waals surface area (Å²) in [5, 5.41) is 23.4. The number of aromatic carboxylic acids is 1. The average molecular weight is 294 g/mol. The summed E-state index contributed by atoms with van der Waals surface area (Å²) in [5.41, 5.74) is 2.98. The fourth-order valence-electron chi connectivity index (χ4n) is 1.63. The SMILES string of the molecule is NC(=O)c1ccn(-c2cc(F)c(C(=O)O)cc2[N+](=O)[O-])n1. The number of hydrogen-bond acceptors (Lipinski definition) is 5. The van der Waals surface area contributed by atoms with Crippen LogP contribution in [-0.4, -0.2) is 31.7 Å². The minimum Gasteiger partial charge on any atom is -0.478 e. The first-order valence-corrected chi connectivity index (χ1v) is 5.38. The summed E-state index contributed by atoms with van der Waals surface area (Å²) in [4.78, 5) is 31.8. The van der Waals surface area contributed by atoms with E-state index >= 15 is 0 Å². The van der Waals surface area contributed by atoms with Crippen molar-refractivity contribution in [2.24, 2.45) is 5.73 Å². The molecule has 9 nitrogen and oxygen atoms in total. The van der Waals surface area contributed by atoms with Crippen LogP contribution < -0.4 is 5.73 Å². The van der Waals surface area contributed by atoms with Crippen molar-refractivity contribution in [1.29, 1.82) is 0 Å². The number of carbonyl (C=O) groups is 2. The van der Waals surface area contributed by atoms with E-state index in [0.29, 0.717) is 12.1 Å². The predicted octanol–water partition coefficient (Wildman–Crippen LogP) is 0.717. The zero-order valence-electron chi connectivity index (χ0n) is 10.2. The number of nitro benzene ring substituents is 1. The summed E-state index contributed by atoms with van der Waals surface area (Å²) in [6, 6.07) is 2.42. The van der Waals surface area contributed by atoms with Crippen molar-refractivity contribution >= 4 is 17.6 Å². The number of carboxylic acids is 1. The van der Waals surface area contributed by atoms with Gasteiger partial charge in [0.05, 0.1) is 4.92 Å². The average Bonchev–Trinajstić information content (AvgIpc) is 2.87. The Balaban J connectivity index is 2.66. The molecule has 2 rings (SSSR count). The molecular weight excluding hydrogens is 287 g/mol. The summed E-state index contributed by atoms with van der Waals surface area (Å²) in [6.07, 6.45) is 1.17. The van der Waals surface area contributed by atoms with Crippen LogP contribution in [0.25, 0.3) is 5.69 Å². The van der Waals surface area contributed by atoms with Gasteiger partial charge < -0.3 is 10.8 Å². The molecule has 0 atom stereocenters. The van der Waals surface area contributed by atoms with Gasteiger partial charge in [0.2, 0.25) is 0 Å². The van der Waals surface area contributed by atoms with Crippen LogP contribution in [0.4, 0.5) is 10.1 Å². The van der Waals surface area contributed by atoms with E-state index in [2.05, 4.69) is 5.10 Å². The molecule has 3 N–H and O–H groups in total. The van der Waals surface area contributed by atoms with E-state index in [-0.39, 0.29) is 11.4 Å². The van der Waals surface area contributed by atoms with Gasteiger partial charge in [-0.1, -0.05) is 0 Å². The molecule has 108 valence electrons. The second-order valence-corrected chi connectivity index (χ2v) is 3.89. The molecular formula is C11H7FN4O5. The highest BCUT2D eigenvalue weighted by molar-refractivity contribution is 5.91. The van der Waals surface area contributed by atoms with Crippen molar-refractivity contribution in [2.45, 2.75) is 0 Å². The van der Waals surface area contributed by atoms with Crippen LogP contribution in [0.3, 0.4) is 0 Å². The number of nitro groups is 1. The van der Waals surface area contributed by atoms with Crippen molar-refractivity contribution in [1.82, 2.24) is 9.78 Å². The molecule has 10 heteroatoms. The van der Waals surface area contributed by atoms with Crippen LogP contribution in [0.2, 0.25) is 0 Å². The molecule has 1 amide bonds. The summed E-state index contributed by atoms with van der Waals surface area (Å²) >= 11 is 0. The van der Waals surface area contributed by atoms with Gasteiger partial charge in [-0.15, -0.1) is 0 Å². The Labute approximate surface area is 115 Å². The van der Waals surface area contributed by atoms with Gasteiger partial charge in [0.1, 0.15) is 22.8 Å². The smallest absolute Gasteiger partial charge is 0.338 e. The number of nitrogens with two attached hydrogens (primary N) is 1. The quantitative estimate of drug-likeness (QED) is 0.628. The summed E-state index contributed by atoms with van der Waals surface area (Å²) in [7, 11) is 0. The van der Waals surface area contributed by atoms with E-state index in [9.17, 15) is 24.1 Å². The lowest BCUT2D eigenvalue weighted by molar-refractivity contribution is -0.384. The Morgan fingerprint density at radius 1 is 1.43 bits per heavy atom. The topological polar surface area (TPSA) is 141 Å². The summed E-state index contributed by atoms with van der Waals surface area (Å²) in [6.45, 7) is 0. The molecule has 0 radical (unpaired) electrons. The van der Waals surface area contributed by atoms with Gasteiger partial charge in [0.25, 0.3) is 11.6 Å². The van der Waals surface area contributed by atoms with E-state index in [0.717, 1.165) is 4.68 Å². The van der Waals surface area contributed by atoms with Gasteiger partial charge in [0.15, 0.2) is 0 Å². The van der Waals surface area contributed by atoms with Gasteiger partial charge in [0, 0.05) is 18.3 Å². The molecule has 0 aliphatic rings. The largest absolute Gasteiger partial charge is 0.478 e. The molecule has 0 aliphatic carbocycles. The lowest BCUT2D eigenvalue weighted by atomic mass is 10.1. The monoisotopic (exact) mass is 294 g/mol. The second-order valence-electron chi connectivity index (χ2n) is 3.89. The first kappa shape index (κ1) is 14.1. The maximum Gasteiger partial charge on any atom is 0.338 e. The Bertz CT molecular complexity index is 770. The molecule has 1 heterocycles. The molecule has 0 bridgehead atoms. The molecule has 1 aromatic heterocycles. The number of benzene rings is 1. The number of hydrogen-bond donors (Lipinski definition) is 2. The molecule has 0 saturated heterocycles.